The fourth-order valence-corrected chi connectivity index (χ4v) is 2.50. The molecule has 0 aliphatic rings. The number of amides is 2. The lowest BCUT2D eigenvalue weighted by molar-refractivity contribution is -0.114. The van der Waals surface area contributed by atoms with Gasteiger partial charge in [0.25, 0.3) is 5.91 Å². The summed E-state index contributed by atoms with van der Waals surface area (Å²) in [7, 11) is 0. The molecule has 0 bridgehead atoms. The van der Waals surface area contributed by atoms with E-state index in [1.807, 2.05) is 44.2 Å². The standard InChI is InChI=1S/C22H29N3O3/c1-4-5-12-28-20-11-7-10-19(14-20)25-21(26)15-23-18-9-6-8-17(13-18)22(27)24-16(2)3/h6-11,13-14,16,23H,4-5,12,15H2,1-3H3,(H,24,27)(H,25,26). The summed E-state index contributed by atoms with van der Waals surface area (Å²) in [6.45, 7) is 6.69. The number of carbonyl (C=O) groups excluding carboxylic acids is 2. The van der Waals surface area contributed by atoms with E-state index >= 15 is 0 Å². The first kappa shape index (κ1) is 21.3. The summed E-state index contributed by atoms with van der Waals surface area (Å²) in [5.41, 5.74) is 1.95. The Labute approximate surface area is 166 Å². The first-order valence-corrected chi connectivity index (χ1v) is 9.65. The van der Waals surface area contributed by atoms with E-state index in [0.29, 0.717) is 23.5 Å². The summed E-state index contributed by atoms with van der Waals surface area (Å²) in [6, 6.07) is 14.5. The van der Waals surface area contributed by atoms with Gasteiger partial charge in [-0.25, -0.2) is 0 Å². The van der Waals surface area contributed by atoms with Gasteiger partial charge in [0.15, 0.2) is 0 Å². The largest absolute Gasteiger partial charge is 0.494 e. The topological polar surface area (TPSA) is 79.5 Å². The Morgan fingerprint density at radius 1 is 1.04 bits per heavy atom. The molecule has 6 nitrogen and oxygen atoms in total. The predicted octanol–water partition coefficient (Wildman–Crippen LogP) is 4.05. The van der Waals surface area contributed by atoms with Crippen molar-refractivity contribution in [3.8, 4) is 5.75 Å². The molecule has 0 heterocycles. The van der Waals surface area contributed by atoms with Crippen LogP contribution in [0.15, 0.2) is 48.5 Å². The van der Waals surface area contributed by atoms with Gasteiger partial charge in [-0.2, -0.15) is 0 Å². The molecular weight excluding hydrogens is 354 g/mol. The number of nitrogens with one attached hydrogen (secondary N) is 3. The van der Waals surface area contributed by atoms with E-state index in [4.69, 9.17) is 4.74 Å². The molecule has 0 atom stereocenters. The van der Waals surface area contributed by atoms with E-state index in [2.05, 4.69) is 22.9 Å². The number of anilines is 2. The van der Waals surface area contributed by atoms with Crippen molar-refractivity contribution in [3.63, 3.8) is 0 Å². The van der Waals surface area contributed by atoms with Gasteiger partial charge in [-0.15, -0.1) is 0 Å². The van der Waals surface area contributed by atoms with Gasteiger partial charge < -0.3 is 20.7 Å². The van der Waals surface area contributed by atoms with Gasteiger partial charge in [-0.1, -0.05) is 25.5 Å². The Morgan fingerprint density at radius 2 is 1.79 bits per heavy atom. The van der Waals surface area contributed by atoms with Crippen molar-refractivity contribution in [1.29, 1.82) is 0 Å². The van der Waals surface area contributed by atoms with Crippen LogP contribution in [-0.2, 0) is 4.79 Å². The zero-order valence-corrected chi connectivity index (χ0v) is 16.7. The van der Waals surface area contributed by atoms with Crippen LogP contribution < -0.4 is 20.7 Å². The molecule has 2 amide bonds. The summed E-state index contributed by atoms with van der Waals surface area (Å²) in [5.74, 6) is 0.425. The Balaban J connectivity index is 1.87. The first-order valence-electron chi connectivity index (χ1n) is 9.65. The lowest BCUT2D eigenvalue weighted by Crippen LogP contribution is -2.30. The maximum absolute atomic E-state index is 12.2. The molecule has 28 heavy (non-hydrogen) atoms. The Kier molecular flexibility index (Phi) is 8.34. The second kappa shape index (κ2) is 11.0. The Morgan fingerprint density at radius 3 is 2.54 bits per heavy atom. The van der Waals surface area contributed by atoms with Crippen LogP contribution in [0.4, 0.5) is 11.4 Å². The summed E-state index contributed by atoms with van der Waals surface area (Å²) in [6.07, 6.45) is 2.07. The molecule has 0 aromatic heterocycles. The predicted molar refractivity (Wildman–Crippen MR) is 113 cm³/mol. The maximum atomic E-state index is 12.2. The number of hydrogen-bond acceptors (Lipinski definition) is 4. The van der Waals surface area contributed by atoms with Crippen LogP contribution in [-0.4, -0.2) is 31.0 Å². The molecule has 2 aromatic carbocycles. The molecule has 3 N–H and O–H groups in total. The van der Waals surface area contributed by atoms with Gasteiger partial charge in [-0.05, 0) is 50.6 Å². The minimum atomic E-state index is -0.178. The highest BCUT2D eigenvalue weighted by molar-refractivity contribution is 5.96. The van der Waals surface area contributed by atoms with Crippen molar-refractivity contribution in [2.45, 2.75) is 39.7 Å². The molecule has 2 rings (SSSR count). The number of benzene rings is 2. The highest BCUT2D eigenvalue weighted by Crippen LogP contribution is 2.18. The average molecular weight is 383 g/mol. The molecule has 150 valence electrons. The third-order valence-electron chi connectivity index (χ3n) is 3.88. The van der Waals surface area contributed by atoms with Crippen molar-refractivity contribution < 1.29 is 14.3 Å². The zero-order chi connectivity index (χ0) is 20.4. The highest BCUT2D eigenvalue weighted by Gasteiger charge is 2.08. The quantitative estimate of drug-likeness (QED) is 0.541. The monoisotopic (exact) mass is 383 g/mol. The van der Waals surface area contributed by atoms with E-state index in [9.17, 15) is 9.59 Å². The summed E-state index contributed by atoms with van der Waals surface area (Å²) in [4.78, 5) is 24.3. The van der Waals surface area contributed by atoms with Crippen LogP contribution in [0.1, 0.15) is 44.0 Å². The van der Waals surface area contributed by atoms with Crippen molar-refractivity contribution in [2.24, 2.45) is 0 Å². The van der Waals surface area contributed by atoms with Crippen LogP contribution in [0.2, 0.25) is 0 Å². The molecule has 0 aliphatic heterocycles. The van der Waals surface area contributed by atoms with Crippen molar-refractivity contribution in [1.82, 2.24) is 5.32 Å². The van der Waals surface area contributed by atoms with Crippen molar-refractivity contribution in [3.05, 3.63) is 54.1 Å². The third-order valence-corrected chi connectivity index (χ3v) is 3.88. The summed E-state index contributed by atoms with van der Waals surface area (Å²) < 4.78 is 5.66. The normalized spacial score (nSPS) is 10.4. The van der Waals surface area contributed by atoms with E-state index in [-0.39, 0.29) is 24.4 Å². The molecule has 6 heteroatoms. The number of rotatable bonds is 10. The van der Waals surface area contributed by atoms with Crippen molar-refractivity contribution in [2.75, 3.05) is 23.8 Å². The van der Waals surface area contributed by atoms with Crippen LogP contribution in [0, 0.1) is 0 Å². The molecule has 0 spiro atoms. The average Bonchev–Trinajstić information content (AvgIpc) is 2.67. The van der Waals surface area contributed by atoms with Gasteiger partial charge in [0.2, 0.25) is 5.91 Å². The van der Waals surface area contributed by atoms with Crippen LogP contribution in [0.5, 0.6) is 5.75 Å². The second-order valence-corrected chi connectivity index (χ2v) is 6.84. The Bertz CT molecular complexity index is 790. The lowest BCUT2D eigenvalue weighted by atomic mass is 10.1. The van der Waals surface area contributed by atoms with Gasteiger partial charge in [0, 0.05) is 29.0 Å². The molecule has 0 aliphatic carbocycles. The van der Waals surface area contributed by atoms with E-state index in [0.717, 1.165) is 18.6 Å². The number of carbonyl (C=O) groups is 2. The van der Waals surface area contributed by atoms with Gasteiger partial charge >= 0.3 is 0 Å². The van der Waals surface area contributed by atoms with E-state index in [1.165, 1.54) is 0 Å². The van der Waals surface area contributed by atoms with Crippen LogP contribution in [0.25, 0.3) is 0 Å². The molecule has 2 aromatic rings. The highest BCUT2D eigenvalue weighted by atomic mass is 16.5. The molecule has 0 fully saturated rings. The van der Waals surface area contributed by atoms with E-state index in [1.54, 1.807) is 18.2 Å². The van der Waals surface area contributed by atoms with Crippen LogP contribution in [0.3, 0.4) is 0 Å². The first-order chi connectivity index (χ1) is 13.5. The zero-order valence-electron chi connectivity index (χ0n) is 16.7. The molecule has 0 radical (unpaired) electrons. The fourth-order valence-electron chi connectivity index (χ4n) is 2.50. The Hall–Kier alpha value is -3.02. The molecule has 0 saturated carbocycles. The number of hydrogen-bond donors (Lipinski definition) is 3. The number of ether oxygens (including phenoxy) is 1. The summed E-state index contributed by atoms with van der Waals surface area (Å²) >= 11 is 0. The lowest BCUT2D eigenvalue weighted by Gasteiger charge is -2.11. The molecular formula is C22H29N3O3. The van der Waals surface area contributed by atoms with Crippen LogP contribution >= 0.6 is 0 Å². The minimum Gasteiger partial charge on any atom is -0.494 e. The fraction of sp³-hybridized carbons (Fsp3) is 0.364. The molecule has 0 saturated heterocycles. The van der Waals surface area contributed by atoms with Gasteiger partial charge in [-0.3, -0.25) is 9.59 Å². The second-order valence-electron chi connectivity index (χ2n) is 6.84. The third kappa shape index (κ3) is 7.31. The number of unbranched alkanes of at least 4 members (excludes halogenated alkanes) is 1. The molecule has 0 unspecified atom stereocenters. The van der Waals surface area contributed by atoms with Gasteiger partial charge in [0.1, 0.15) is 5.75 Å². The van der Waals surface area contributed by atoms with Gasteiger partial charge in [0.05, 0.1) is 13.2 Å². The van der Waals surface area contributed by atoms with Crippen molar-refractivity contribution >= 4 is 23.2 Å². The summed E-state index contributed by atoms with van der Waals surface area (Å²) in [5, 5.41) is 8.74. The smallest absolute Gasteiger partial charge is 0.251 e. The SMILES string of the molecule is CCCCOc1cccc(NC(=O)CNc2cccc(C(=O)NC(C)C)c2)c1. The van der Waals surface area contributed by atoms with E-state index < -0.39 is 0 Å². The maximum Gasteiger partial charge on any atom is 0.251 e. The minimum absolute atomic E-state index is 0.0663.